The van der Waals surface area contributed by atoms with Crippen molar-refractivity contribution in [2.45, 2.75) is 91.0 Å². The van der Waals surface area contributed by atoms with E-state index >= 15 is 0 Å². The summed E-state index contributed by atoms with van der Waals surface area (Å²) in [5.41, 5.74) is 1.96. The van der Waals surface area contributed by atoms with E-state index in [-0.39, 0.29) is 52.0 Å². The Kier molecular flexibility index (Phi) is 11.5. The average molecular weight is 683 g/mol. The van der Waals surface area contributed by atoms with E-state index < -0.39 is 65.1 Å². The Morgan fingerprint density at radius 3 is 2.08 bits per heavy atom. The molecule has 3 aromatic rings. The molecule has 5 atom stereocenters. The monoisotopic (exact) mass is 682 g/mol. The van der Waals surface area contributed by atoms with Crippen molar-refractivity contribution in [3.05, 3.63) is 74.5 Å². The Labute approximate surface area is 281 Å². The Hall–Kier alpha value is -4.82. The largest absolute Gasteiger partial charge is 0.507 e. The zero-order chi connectivity index (χ0) is 36.3. The van der Waals surface area contributed by atoms with Crippen molar-refractivity contribution in [1.29, 1.82) is 0 Å². The van der Waals surface area contributed by atoms with Crippen molar-refractivity contribution in [2.24, 2.45) is 0 Å². The van der Waals surface area contributed by atoms with Gasteiger partial charge < -0.3 is 54.7 Å². The molecule has 0 bridgehead atoms. The molecule has 0 aliphatic carbocycles. The van der Waals surface area contributed by atoms with Crippen LogP contribution in [0.1, 0.15) is 58.6 Å². The molecule has 4 rings (SSSR count). The van der Waals surface area contributed by atoms with Gasteiger partial charge >= 0.3 is 5.97 Å². The molecule has 0 radical (unpaired) electrons. The standard InChI is InChI=1S/C36H42O13/c1-16(2)7-6-8-18(5)10-12-20-29(41)27-26(47-33(20)21-13-23(38)24(39)14-22(21)37)15-25(19(28(27)40)11-9-17(3)4)48-36-32(44)30(42)31(43)34(49-36)35(45)46/h7,9-10,13-15,30-32,34,36-40,42-44H,6,8,11-12H2,1-5H3,(H,45,46)/b18-10-. The SMILES string of the molecule is CC(C)=CCC/C(C)=C\Cc1c(-c2cc(O)c(O)cc2O)oc2cc(OC3OC(C(=O)O)C(O)C(O)C3O)c(CC=C(C)C)c(O)c2c1=O. The number of aliphatic carboxylic acids is 1. The lowest BCUT2D eigenvalue weighted by molar-refractivity contribution is -0.271. The van der Waals surface area contributed by atoms with Crippen LogP contribution < -0.4 is 10.2 Å². The number of aliphatic hydroxyl groups excluding tert-OH is 3. The maximum absolute atomic E-state index is 14.3. The van der Waals surface area contributed by atoms with Gasteiger partial charge in [0.15, 0.2) is 17.6 Å². The highest BCUT2D eigenvalue weighted by molar-refractivity contribution is 5.90. The minimum absolute atomic E-state index is 0.00230. The second-order valence-corrected chi connectivity index (χ2v) is 12.6. The van der Waals surface area contributed by atoms with Crippen LogP contribution in [0.5, 0.6) is 28.7 Å². The van der Waals surface area contributed by atoms with Crippen molar-refractivity contribution in [2.75, 3.05) is 0 Å². The van der Waals surface area contributed by atoms with Crippen LogP contribution in [0.25, 0.3) is 22.3 Å². The normalized spacial score (nSPS) is 21.0. The number of carboxylic acid groups (broad SMARTS) is 1. The smallest absolute Gasteiger partial charge is 0.335 e. The first-order valence-corrected chi connectivity index (χ1v) is 15.6. The number of ether oxygens (including phenoxy) is 2. The molecule has 1 fully saturated rings. The van der Waals surface area contributed by atoms with Gasteiger partial charge in [-0.1, -0.05) is 34.9 Å². The molecule has 13 heteroatoms. The Bertz CT molecular complexity index is 1880. The van der Waals surface area contributed by atoms with Gasteiger partial charge in [0.2, 0.25) is 11.7 Å². The predicted molar refractivity (Wildman–Crippen MR) is 179 cm³/mol. The van der Waals surface area contributed by atoms with Gasteiger partial charge in [-0.2, -0.15) is 0 Å². The Balaban J connectivity index is 1.96. The molecule has 49 heavy (non-hydrogen) atoms. The third kappa shape index (κ3) is 8.08. The molecule has 1 saturated heterocycles. The van der Waals surface area contributed by atoms with E-state index in [0.717, 1.165) is 35.3 Å². The molecule has 1 aliphatic heterocycles. The summed E-state index contributed by atoms with van der Waals surface area (Å²) < 4.78 is 17.3. The molecule has 2 aromatic carbocycles. The number of carboxylic acids is 1. The van der Waals surface area contributed by atoms with E-state index in [1.165, 1.54) is 6.07 Å². The fraction of sp³-hybridized carbons (Fsp3) is 0.389. The van der Waals surface area contributed by atoms with Gasteiger partial charge in [0, 0.05) is 23.3 Å². The zero-order valence-electron chi connectivity index (χ0n) is 27.8. The lowest BCUT2D eigenvalue weighted by atomic mass is 9.97. The van der Waals surface area contributed by atoms with Gasteiger partial charge in [-0.25, -0.2) is 4.79 Å². The number of rotatable bonds is 11. The van der Waals surface area contributed by atoms with E-state index in [4.69, 9.17) is 13.9 Å². The minimum Gasteiger partial charge on any atom is -0.507 e. The maximum Gasteiger partial charge on any atom is 0.335 e. The first-order valence-electron chi connectivity index (χ1n) is 15.6. The van der Waals surface area contributed by atoms with Crippen LogP contribution in [0, 0.1) is 0 Å². The van der Waals surface area contributed by atoms with Gasteiger partial charge in [0.05, 0.1) is 5.56 Å². The van der Waals surface area contributed by atoms with Gasteiger partial charge in [0.25, 0.3) is 0 Å². The second-order valence-electron chi connectivity index (χ2n) is 12.6. The Morgan fingerprint density at radius 1 is 0.816 bits per heavy atom. The molecule has 5 unspecified atom stereocenters. The molecule has 264 valence electrons. The quantitative estimate of drug-likeness (QED) is 0.0803. The van der Waals surface area contributed by atoms with Crippen LogP contribution in [0.2, 0.25) is 0 Å². The highest BCUT2D eigenvalue weighted by Gasteiger charge is 2.48. The Morgan fingerprint density at radius 2 is 1.45 bits per heavy atom. The molecule has 8 N–H and O–H groups in total. The summed E-state index contributed by atoms with van der Waals surface area (Å²) in [7, 11) is 0. The van der Waals surface area contributed by atoms with E-state index in [0.29, 0.717) is 6.42 Å². The van der Waals surface area contributed by atoms with Crippen molar-refractivity contribution in [1.82, 2.24) is 0 Å². The highest BCUT2D eigenvalue weighted by atomic mass is 16.7. The summed E-state index contributed by atoms with van der Waals surface area (Å²) in [5, 5.41) is 82.9. The van der Waals surface area contributed by atoms with Crippen LogP contribution >= 0.6 is 0 Å². The van der Waals surface area contributed by atoms with Gasteiger partial charge in [-0.3, -0.25) is 4.79 Å². The molecule has 2 heterocycles. The summed E-state index contributed by atoms with van der Waals surface area (Å²) in [5.74, 6) is -4.30. The minimum atomic E-state index is -1.97. The average Bonchev–Trinajstić information content (AvgIpc) is 3.01. The number of hydrogen-bond acceptors (Lipinski definition) is 12. The summed E-state index contributed by atoms with van der Waals surface area (Å²) in [6, 6.07) is 3.11. The molecule has 0 spiro atoms. The number of phenols is 4. The first kappa shape index (κ1) is 37.0. The van der Waals surface area contributed by atoms with E-state index in [9.17, 15) is 50.4 Å². The molecule has 0 saturated carbocycles. The van der Waals surface area contributed by atoms with Crippen LogP contribution in [-0.4, -0.2) is 77.5 Å². The van der Waals surface area contributed by atoms with Crippen molar-refractivity contribution < 1.29 is 59.5 Å². The van der Waals surface area contributed by atoms with Crippen molar-refractivity contribution in [3.8, 4) is 40.1 Å². The number of benzene rings is 2. The third-order valence-electron chi connectivity index (χ3n) is 8.17. The number of aromatic hydroxyl groups is 4. The van der Waals surface area contributed by atoms with Crippen LogP contribution in [0.15, 0.2) is 62.4 Å². The maximum atomic E-state index is 14.3. The number of allylic oxidation sites excluding steroid dienone is 6. The third-order valence-corrected chi connectivity index (χ3v) is 8.17. The highest BCUT2D eigenvalue weighted by Crippen LogP contribution is 2.43. The molecular weight excluding hydrogens is 640 g/mol. The number of phenolic OH excluding ortho intramolecular Hbond substituents is 4. The van der Waals surface area contributed by atoms with Crippen LogP contribution in [0.3, 0.4) is 0 Å². The van der Waals surface area contributed by atoms with E-state index in [1.54, 1.807) is 19.9 Å². The molecule has 0 amide bonds. The van der Waals surface area contributed by atoms with E-state index in [2.05, 4.69) is 6.08 Å². The fourth-order valence-electron chi connectivity index (χ4n) is 5.39. The lowest BCUT2D eigenvalue weighted by Gasteiger charge is -2.38. The lowest BCUT2D eigenvalue weighted by Crippen LogP contribution is -2.61. The predicted octanol–water partition coefficient (Wildman–Crippen LogP) is 4.30. The summed E-state index contributed by atoms with van der Waals surface area (Å²) in [6.45, 7) is 9.48. The number of hydrogen-bond donors (Lipinski definition) is 8. The number of aliphatic hydroxyl groups is 3. The van der Waals surface area contributed by atoms with E-state index in [1.807, 2.05) is 26.8 Å². The fourth-order valence-corrected chi connectivity index (χ4v) is 5.39. The molecule has 1 aliphatic rings. The van der Waals surface area contributed by atoms with Gasteiger partial charge in [-0.05, 0) is 66.4 Å². The van der Waals surface area contributed by atoms with Crippen molar-refractivity contribution in [3.63, 3.8) is 0 Å². The van der Waals surface area contributed by atoms with Gasteiger partial charge in [0.1, 0.15) is 52.3 Å². The topological polar surface area (TPSA) is 228 Å². The summed E-state index contributed by atoms with van der Waals surface area (Å²) >= 11 is 0. The molecular formula is C36H42O13. The summed E-state index contributed by atoms with van der Waals surface area (Å²) in [4.78, 5) is 25.9. The van der Waals surface area contributed by atoms with Gasteiger partial charge in [-0.15, -0.1) is 0 Å². The molecule has 1 aromatic heterocycles. The first-order chi connectivity index (χ1) is 23.0. The van der Waals surface area contributed by atoms with Crippen LogP contribution in [0.4, 0.5) is 0 Å². The number of carbonyl (C=O) groups is 1. The van der Waals surface area contributed by atoms with Crippen molar-refractivity contribution >= 4 is 16.9 Å². The van der Waals surface area contributed by atoms with Crippen LogP contribution in [-0.2, 0) is 22.4 Å². The molecule has 13 nitrogen and oxygen atoms in total. The summed E-state index contributed by atoms with van der Waals surface area (Å²) in [6.07, 6.45) is -2.56. The number of fused-ring (bicyclic) bond motifs is 1. The second kappa shape index (κ2) is 15.2. The zero-order valence-corrected chi connectivity index (χ0v) is 27.8.